The molecule has 0 bridgehead atoms. The van der Waals surface area contributed by atoms with Gasteiger partial charge in [0.2, 0.25) is 0 Å². The minimum Gasteiger partial charge on any atom is -0.394 e. The van der Waals surface area contributed by atoms with E-state index in [2.05, 4.69) is 12.2 Å². The van der Waals surface area contributed by atoms with E-state index in [-0.39, 0.29) is 22.1 Å². The molecule has 0 aromatic carbocycles. The Morgan fingerprint density at radius 3 is 3.00 bits per heavy atom. The molecule has 2 atom stereocenters. The SMILES string of the molecule is CC1CCCC(CO)(NCc2ccc([N+](=O)[O-])s2)C1. The van der Waals surface area contributed by atoms with E-state index in [1.165, 1.54) is 23.8 Å². The third-order valence-corrected chi connectivity index (χ3v) is 4.90. The predicted octanol–water partition coefficient (Wildman–Crippen LogP) is 2.69. The van der Waals surface area contributed by atoms with E-state index < -0.39 is 0 Å². The van der Waals surface area contributed by atoms with Crippen molar-refractivity contribution in [3.05, 3.63) is 27.1 Å². The first-order valence-corrected chi connectivity index (χ1v) is 7.45. The molecule has 2 N–H and O–H groups in total. The first-order valence-electron chi connectivity index (χ1n) is 6.64. The number of aliphatic hydroxyl groups excluding tert-OH is 1. The summed E-state index contributed by atoms with van der Waals surface area (Å²) in [6.45, 7) is 2.93. The highest BCUT2D eigenvalue weighted by Gasteiger charge is 2.33. The molecule has 0 amide bonds. The topological polar surface area (TPSA) is 75.4 Å². The zero-order chi connectivity index (χ0) is 13.9. The summed E-state index contributed by atoms with van der Waals surface area (Å²) < 4.78 is 0. The van der Waals surface area contributed by atoms with E-state index in [4.69, 9.17) is 0 Å². The second-order valence-corrected chi connectivity index (χ2v) is 6.64. The Kier molecular flexibility index (Phi) is 4.54. The Morgan fingerprint density at radius 2 is 2.42 bits per heavy atom. The molecule has 106 valence electrons. The Bertz CT molecular complexity index is 449. The van der Waals surface area contributed by atoms with Gasteiger partial charge in [0.25, 0.3) is 0 Å². The summed E-state index contributed by atoms with van der Waals surface area (Å²) in [7, 11) is 0. The Balaban J connectivity index is 1.97. The number of thiophene rings is 1. The standard InChI is InChI=1S/C13H20N2O3S/c1-10-3-2-6-13(7-10,9-16)14-8-11-4-5-12(19-11)15(17)18/h4-5,10,14,16H,2-3,6-9H2,1H3. The van der Waals surface area contributed by atoms with Gasteiger partial charge in [0.05, 0.1) is 11.5 Å². The molecule has 1 fully saturated rings. The Hall–Kier alpha value is -0.980. The monoisotopic (exact) mass is 284 g/mol. The number of hydrogen-bond acceptors (Lipinski definition) is 5. The van der Waals surface area contributed by atoms with Crippen LogP contribution in [0.1, 0.15) is 37.5 Å². The van der Waals surface area contributed by atoms with Gasteiger partial charge in [0.15, 0.2) is 0 Å². The fourth-order valence-electron chi connectivity index (χ4n) is 2.85. The molecule has 2 unspecified atom stereocenters. The number of nitrogens with zero attached hydrogens (tertiary/aromatic N) is 1. The molecule has 5 nitrogen and oxygen atoms in total. The third kappa shape index (κ3) is 3.52. The second kappa shape index (κ2) is 5.98. The van der Waals surface area contributed by atoms with E-state index in [1.807, 2.05) is 0 Å². The molecule has 1 aliphatic carbocycles. The molecule has 6 heteroatoms. The maximum Gasteiger partial charge on any atom is 0.324 e. The van der Waals surface area contributed by atoms with Crippen molar-refractivity contribution in [3.8, 4) is 0 Å². The quantitative estimate of drug-likeness (QED) is 0.644. The van der Waals surface area contributed by atoms with E-state index in [1.54, 1.807) is 6.07 Å². The van der Waals surface area contributed by atoms with Crippen molar-refractivity contribution in [2.45, 2.75) is 44.7 Å². The van der Waals surface area contributed by atoms with Crippen molar-refractivity contribution >= 4 is 16.3 Å². The smallest absolute Gasteiger partial charge is 0.324 e. The normalized spacial score (nSPS) is 27.4. The van der Waals surface area contributed by atoms with Gasteiger partial charge in [-0.1, -0.05) is 31.1 Å². The molecule has 0 radical (unpaired) electrons. The molecule has 19 heavy (non-hydrogen) atoms. The highest BCUT2D eigenvalue weighted by molar-refractivity contribution is 7.15. The Morgan fingerprint density at radius 1 is 1.63 bits per heavy atom. The average Bonchev–Trinajstić information content (AvgIpc) is 2.85. The molecule has 1 aliphatic rings. The summed E-state index contributed by atoms with van der Waals surface area (Å²) in [5.74, 6) is 0.617. The molecule has 0 saturated heterocycles. The van der Waals surface area contributed by atoms with Crippen molar-refractivity contribution < 1.29 is 10.0 Å². The first-order chi connectivity index (χ1) is 9.04. The lowest BCUT2D eigenvalue weighted by Crippen LogP contribution is -2.50. The van der Waals surface area contributed by atoms with Crippen molar-refractivity contribution in [3.63, 3.8) is 0 Å². The minimum absolute atomic E-state index is 0.130. The van der Waals surface area contributed by atoms with Crippen LogP contribution in [-0.2, 0) is 6.54 Å². The number of nitro groups is 1. The van der Waals surface area contributed by atoms with E-state index in [0.717, 1.165) is 24.1 Å². The minimum atomic E-state index is -0.362. The van der Waals surface area contributed by atoms with Crippen LogP contribution in [0.25, 0.3) is 0 Å². The summed E-state index contributed by atoms with van der Waals surface area (Å²) in [5, 5.41) is 23.9. The van der Waals surface area contributed by atoms with Crippen LogP contribution in [0.5, 0.6) is 0 Å². The summed E-state index contributed by atoms with van der Waals surface area (Å²) in [4.78, 5) is 11.2. The van der Waals surface area contributed by atoms with Gasteiger partial charge in [-0.25, -0.2) is 0 Å². The lowest BCUT2D eigenvalue weighted by atomic mass is 9.77. The van der Waals surface area contributed by atoms with Crippen molar-refractivity contribution in [1.29, 1.82) is 0 Å². The van der Waals surface area contributed by atoms with Gasteiger partial charge in [-0.15, -0.1) is 0 Å². The summed E-state index contributed by atoms with van der Waals surface area (Å²) in [6, 6.07) is 3.32. The summed E-state index contributed by atoms with van der Waals surface area (Å²) in [6.07, 6.45) is 4.28. The molecule has 2 rings (SSSR count). The van der Waals surface area contributed by atoms with Crippen LogP contribution in [0.3, 0.4) is 0 Å². The van der Waals surface area contributed by atoms with Gasteiger partial charge in [0, 0.05) is 23.0 Å². The predicted molar refractivity (Wildman–Crippen MR) is 75.3 cm³/mol. The molecule has 1 aromatic rings. The molecule has 1 saturated carbocycles. The van der Waals surface area contributed by atoms with Crippen molar-refractivity contribution in [1.82, 2.24) is 5.32 Å². The molecular weight excluding hydrogens is 264 g/mol. The van der Waals surface area contributed by atoms with Crippen LogP contribution in [0.2, 0.25) is 0 Å². The molecule has 0 aliphatic heterocycles. The second-order valence-electron chi connectivity index (χ2n) is 5.49. The number of hydrogen-bond donors (Lipinski definition) is 2. The van der Waals surface area contributed by atoms with Gasteiger partial charge >= 0.3 is 5.00 Å². The van der Waals surface area contributed by atoms with Crippen molar-refractivity contribution in [2.75, 3.05) is 6.61 Å². The summed E-state index contributed by atoms with van der Waals surface area (Å²) >= 11 is 1.20. The van der Waals surface area contributed by atoms with Crippen LogP contribution in [0, 0.1) is 16.0 Å². The zero-order valence-electron chi connectivity index (χ0n) is 11.1. The van der Waals surface area contributed by atoms with Crippen LogP contribution >= 0.6 is 11.3 Å². The largest absolute Gasteiger partial charge is 0.394 e. The van der Waals surface area contributed by atoms with Gasteiger partial charge in [-0.05, 0) is 24.8 Å². The van der Waals surface area contributed by atoms with Gasteiger partial charge in [-0.2, -0.15) is 0 Å². The zero-order valence-corrected chi connectivity index (χ0v) is 11.9. The average molecular weight is 284 g/mol. The molecular formula is C13H20N2O3S. The number of nitrogens with one attached hydrogen (secondary N) is 1. The van der Waals surface area contributed by atoms with Crippen LogP contribution < -0.4 is 5.32 Å². The lowest BCUT2D eigenvalue weighted by molar-refractivity contribution is -0.380. The number of aliphatic hydroxyl groups is 1. The Labute approximate surface area is 116 Å². The van der Waals surface area contributed by atoms with E-state index in [0.29, 0.717) is 12.5 Å². The van der Waals surface area contributed by atoms with Crippen molar-refractivity contribution in [2.24, 2.45) is 5.92 Å². The fraction of sp³-hybridized carbons (Fsp3) is 0.692. The van der Waals surface area contributed by atoms with Crippen LogP contribution in [-0.4, -0.2) is 22.2 Å². The van der Waals surface area contributed by atoms with Crippen LogP contribution in [0.4, 0.5) is 5.00 Å². The molecule has 0 spiro atoms. The molecule has 1 heterocycles. The van der Waals surface area contributed by atoms with Crippen LogP contribution in [0.15, 0.2) is 12.1 Å². The maximum atomic E-state index is 10.6. The summed E-state index contributed by atoms with van der Waals surface area (Å²) in [5.41, 5.74) is -0.212. The maximum absolute atomic E-state index is 10.6. The van der Waals surface area contributed by atoms with Gasteiger partial charge in [-0.3, -0.25) is 10.1 Å². The van der Waals surface area contributed by atoms with Gasteiger partial charge < -0.3 is 10.4 Å². The highest BCUT2D eigenvalue weighted by atomic mass is 32.1. The highest BCUT2D eigenvalue weighted by Crippen LogP contribution is 2.33. The van der Waals surface area contributed by atoms with E-state index >= 15 is 0 Å². The third-order valence-electron chi connectivity index (χ3n) is 3.86. The number of rotatable bonds is 5. The van der Waals surface area contributed by atoms with E-state index in [9.17, 15) is 15.2 Å². The molecule has 1 aromatic heterocycles. The first kappa shape index (κ1) is 14.4. The fourth-order valence-corrected chi connectivity index (χ4v) is 3.61. The lowest BCUT2D eigenvalue weighted by Gasteiger charge is -2.39. The van der Waals surface area contributed by atoms with Gasteiger partial charge in [0.1, 0.15) is 0 Å².